The molecule has 0 atom stereocenters. The highest BCUT2D eigenvalue weighted by Gasteiger charge is 2.05. The van der Waals surface area contributed by atoms with Gasteiger partial charge in [0.05, 0.1) is 0 Å². The molecule has 0 saturated carbocycles. The minimum absolute atomic E-state index is 0.692. The number of benzene rings is 2. The molecule has 2 aromatic carbocycles. The van der Waals surface area contributed by atoms with E-state index in [1.807, 2.05) is 24.3 Å². The Kier molecular flexibility index (Phi) is 4.04. The third kappa shape index (κ3) is 2.92. The normalized spacial score (nSPS) is 10.6. The van der Waals surface area contributed by atoms with Crippen molar-refractivity contribution in [2.75, 3.05) is 11.5 Å². The van der Waals surface area contributed by atoms with Gasteiger partial charge in [-0.25, -0.2) is 0 Å². The summed E-state index contributed by atoms with van der Waals surface area (Å²) in [7, 11) is 0. The molecule has 0 spiro atoms. The van der Waals surface area contributed by atoms with E-state index in [1.165, 1.54) is 0 Å². The summed E-state index contributed by atoms with van der Waals surface area (Å²) in [6.45, 7) is 2.09. The van der Waals surface area contributed by atoms with Gasteiger partial charge in [0, 0.05) is 26.2 Å². The molecule has 2 nitrogen and oxygen atoms in total. The largest absolute Gasteiger partial charge is 0.399 e. The van der Waals surface area contributed by atoms with Gasteiger partial charge in [-0.1, -0.05) is 30.3 Å². The second kappa shape index (κ2) is 5.55. The molecule has 0 amide bonds. The minimum atomic E-state index is 0.692. The molecular formula is C14H15ClN2S. The van der Waals surface area contributed by atoms with Gasteiger partial charge in [0.2, 0.25) is 0 Å². The zero-order chi connectivity index (χ0) is 13.1. The van der Waals surface area contributed by atoms with E-state index >= 15 is 0 Å². The van der Waals surface area contributed by atoms with Gasteiger partial charge in [0.15, 0.2) is 0 Å². The fourth-order valence-electron chi connectivity index (χ4n) is 1.68. The van der Waals surface area contributed by atoms with Crippen LogP contribution in [0.2, 0.25) is 5.02 Å². The lowest BCUT2D eigenvalue weighted by atomic mass is 10.1. The molecular weight excluding hydrogens is 264 g/mol. The van der Waals surface area contributed by atoms with Crippen LogP contribution in [0.3, 0.4) is 0 Å². The first-order chi connectivity index (χ1) is 8.60. The molecule has 4 N–H and O–H groups in total. The van der Waals surface area contributed by atoms with Gasteiger partial charge >= 0.3 is 0 Å². The Morgan fingerprint density at radius 2 is 1.78 bits per heavy atom. The zero-order valence-electron chi connectivity index (χ0n) is 10.1. The molecule has 0 unspecified atom stereocenters. The lowest BCUT2D eigenvalue weighted by Crippen LogP contribution is -1.93. The van der Waals surface area contributed by atoms with Crippen molar-refractivity contribution in [3.8, 4) is 0 Å². The number of halogens is 1. The van der Waals surface area contributed by atoms with Crippen LogP contribution in [0.4, 0.5) is 11.4 Å². The molecule has 2 aromatic rings. The van der Waals surface area contributed by atoms with E-state index < -0.39 is 0 Å². The van der Waals surface area contributed by atoms with E-state index in [-0.39, 0.29) is 0 Å². The highest BCUT2D eigenvalue weighted by molar-refractivity contribution is 7.99. The van der Waals surface area contributed by atoms with Gasteiger partial charge < -0.3 is 11.5 Å². The second-order valence-corrected chi connectivity index (χ2v) is 5.55. The van der Waals surface area contributed by atoms with Gasteiger partial charge in [-0.3, -0.25) is 0 Å². The Bertz CT molecular complexity index is 570. The summed E-state index contributed by atoms with van der Waals surface area (Å²) in [6.07, 6.45) is 0.922. The molecule has 94 valence electrons. The molecule has 18 heavy (non-hydrogen) atoms. The summed E-state index contributed by atoms with van der Waals surface area (Å²) in [5, 5.41) is 0.692. The lowest BCUT2D eigenvalue weighted by molar-refractivity contribution is 1.13. The van der Waals surface area contributed by atoms with Crippen molar-refractivity contribution in [1.29, 1.82) is 0 Å². The van der Waals surface area contributed by atoms with E-state index in [4.69, 9.17) is 23.1 Å². The Labute approximate surface area is 116 Å². The minimum Gasteiger partial charge on any atom is -0.399 e. The van der Waals surface area contributed by atoms with Crippen LogP contribution >= 0.6 is 23.4 Å². The molecule has 0 aliphatic rings. The molecule has 0 aromatic heterocycles. The summed E-state index contributed by atoms with van der Waals surface area (Å²) in [6, 6.07) is 11.5. The van der Waals surface area contributed by atoms with Gasteiger partial charge in [0.1, 0.15) is 0 Å². The van der Waals surface area contributed by atoms with Gasteiger partial charge in [-0.15, -0.1) is 0 Å². The first-order valence-electron chi connectivity index (χ1n) is 5.71. The van der Waals surface area contributed by atoms with Crippen molar-refractivity contribution in [3.63, 3.8) is 0 Å². The fraction of sp³-hybridized carbons (Fsp3) is 0.143. The van der Waals surface area contributed by atoms with Gasteiger partial charge in [0.25, 0.3) is 0 Å². The molecule has 0 aliphatic heterocycles. The first kappa shape index (κ1) is 13.1. The third-order valence-electron chi connectivity index (χ3n) is 2.70. The quantitative estimate of drug-likeness (QED) is 0.827. The highest BCUT2D eigenvalue weighted by Crippen LogP contribution is 2.35. The van der Waals surface area contributed by atoms with Crippen LogP contribution in [0.1, 0.15) is 12.5 Å². The predicted octanol–water partition coefficient (Wildman–Crippen LogP) is 4.22. The number of rotatable bonds is 3. The number of nitrogens with two attached hydrogens (primary N) is 2. The lowest BCUT2D eigenvalue weighted by Gasteiger charge is -2.09. The van der Waals surface area contributed by atoms with E-state index in [0.29, 0.717) is 5.02 Å². The zero-order valence-corrected chi connectivity index (χ0v) is 11.7. The molecule has 0 aliphatic carbocycles. The molecule has 0 bridgehead atoms. The fourth-order valence-corrected chi connectivity index (χ4v) is 2.88. The van der Waals surface area contributed by atoms with Crippen LogP contribution in [0.5, 0.6) is 0 Å². The number of nitrogen functional groups attached to an aromatic ring is 2. The van der Waals surface area contributed by atoms with Crippen LogP contribution in [-0.2, 0) is 6.42 Å². The predicted molar refractivity (Wildman–Crippen MR) is 80.2 cm³/mol. The van der Waals surface area contributed by atoms with Gasteiger partial charge in [-0.05, 0) is 48.4 Å². The first-order valence-corrected chi connectivity index (χ1v) is 6.91. The van der Waals surface area contributed by atoms with Crippen molar-refractivity contribution in [1.82, 2.24) is 0 Å². The monoisotopic (exact) mass is 278 g/mol. The topological polar surface area (TPSA) is 52.0 Å². The summed E-state index contributed by atoms with van der Waals surface area (Å²) in [5.41, 5.74) is 14.5. The summed E-state index contributed by atoms with van der Waals surface area (Å²) in [5.74, 6) is 0. The Morgan fingerprint density at radius 1 is 1.06 bits per heavy atom. The van der Waals surface area contributed by atoms with Crippen LogP contribution in [-0.4, -0.2) is 0 Å². The maximum Gasteiger partial charge on any atom is 0.0456 e. The van der Waals surface area contributed by atoms with Gasteiger partial charge in [-0.2, -0.15) is 0 Å². The summed E-state index contributed by atoms with van der Waals surface area (Å²) < 4.78 is 0. The number of hydrogen-bond acceptors (Lipinski definition) is 3. The van der Waals surface area contributed by atoms with Crippen molar-refractivity contribution in [3.05, 3.63) is 47.0 Å². The van der Waals surface area contributed by atoms with E-state index in [9.17, 15) is 0 Å². The third-order valence-corrected chi connectivity index (χ3v) is 4.00. The number of hydrogen-bond donors (Lipinski definition) is 2. The van der Waals surface area contributed by atoms with Crippen molar-refractivity contribution in [2.24, 2.45) is 0 Å². The Balaban J connectivity index is 2.31. The van der Waals surface area contributed by atoms with Crippen LogP contribution in [0, 0.1) is 0 Å². The second-order valence-electron chi connectivity index (χ2n) is 4.00. The Morgan fingerprint density at radius 3 is 2.50 bits per heavy atom. The SMILES string of the molecule is CCc1cc(Sc2cc(Cl)ccc2N)ccc1N. The smallest absolute Gasteiger partial charge is 0.0456 e. The number of aryl methyl sites for hydroxylation is 1. The molecule has 0 radical (unpaired) electrons. The van der Waals surface area contributed by atoms with Crippen molar-refractivity contribution < 1.29 is 0 Å². The van der Waals surface area contributed by atoms with Crippen molar-refractivity contribution >= 4 is 34.7 Å². The molecule has 2 rings (SSSR count). The highest BCUT2D eigenvalue weighted by atomic mass is 35.5. The standard InChI is InChI=1S/C14H15ClN2S/c1-2-9-7-11(4-6-12(9)16)18-14-8-10(15)3-5-13(14)17/h3-8H,2,16-17H2,1H3. The van der Waals surface area contributed by atoms with Crippen LogP contribution in [0.15, 0.2) is 46.2 Å². The maximum atomic E-state index is 5.98. The average molecular weight is 279 g/mol. The number of anilines is 2. The summed E-state index contributed by atoms with van der Waals surface area (Å²) in [4.78, 5) is 2.09. The summed E-state index contributed by atoms with van der Waals surface area (Å²) >= 11 is 7.58. The van der Waals surface area contributed by atoms with E-state index in [2.05, 4.69) is 13.0 Å². The molecule has 4 heteroatoms. The Hall–Kier alpha value is -1.32. The molecule has 0 fully saturated rings. The van der Waals surface area contributed by atoms with E-state index in [1.54, 1.807) is 17.8 Å². The molecule has 0 heterocycles. The maximum absolute atomic E-state index is 5.98. The van der Waals surface area contributed by atoms with Crippen LogP contribution in [0.25, 0.3) is 0 Å². The average Bonchev–Trinajstić information content (AvgIpc) is 2.36. The van der Waals surface area contributed by atoms with Crippen LogP contribution < -0.4 is 11.5 Å². The van der Waals surface area contributed by atoms with Crippen molar-refractivity contribution in [2.45, 2.75) is 23.1 Å². The molecule has 0 saturated heterocycles. The van der Waals surface area contributed by atoms with E-state index in [0.717, 1.165) is 33.2 Å².